The summed E-state index contributed by atoms with van der Waals surface area (Å²) in [4.78, 5) is 2.72. The lowest BCUT2D eigenvalue weighted by molar-refractivity contribution is 0.0241. The molecule has 0 radical (unpaired) electrons. The van der Waals surface area contributed by atoms with Crippen molar-refractivity contribution in [3.63, 3.8) is 0 Å². The van der Waals surface area contributed by atoms with Crippen molar-refractivity contribution in [1.29, 1.82) is 0 Å². The maximum atomic E-state index is 4.34. The molecule has 1 saturated heterocycles. The quantitative estimate of drug-likeness (QED) is 0.839. The van der Waals surface area contributed by atoms with Crippen LogP contribution in [-0.4, -0.2) is 45.9 Å². The lowest BCUT2D eigenvalue weighted by atomic mass is 9.86. The van der Waals surface area contributed by atoms with E-state index in [1.807, 2.05) is 12.3 Å². The van der Waals surface area contributed by atoms with E-state index in [1.54, 1.807) is 0 Å². The highest BCUT2D eigenvalue weighted by molar-refractivity contribution is 4.97. The summed E-state index contributed by atoms with van der Waals surface area (Å²) in [5.74, 6) is 0.756. The average Bonchev–Trinajstić information content (AvgIpc) is 2.98. The van der Waals surface area contributed by atoms with E-state index in [0.29, 0.717) is 11.6 Å². The van der Waals surface area contributed by atoms with E-state index in [0.717, 1.165) is 25.6 Å². The molecule has 1 N–H and O–H groups in total. The Morgan fingerprint density at radius 3 is 2.62 bits per heavy atom. The van der Waals surface area contributed by atoms with Crippen molar-refractivity contribution in [2.45, 2.75) is 65.1 Å². The molecule has 0 bridgehead atoms. The van der Waals surface area contributed by atoms with Crippen LogP contribution < -0.4 is 5.32 Å². The van der Waals surface area contributed by atoms with Crippen molar-refractivity contribution >= 4 is 0 Å². The largest absolute Gasteiger partial charge is 0.311 e. The Kier molecular flexibility index (Phi) is 5.82. The summed E-state index contributed by atoms with van der Waals surface area (Å²) in [6, 6.07) is 2.64. The smallest absolute Gasteiger partial charge is 0.0536 e. The first-order valence-corrected chi connectivity index (χ1v) is 8.55. The van der Waals surface area contributed by atoms with Gasteiger partial charge in [0.05, 0.1) is 6.54 Å². The molecule has 0 amide bonds. The van der Waals surface area contributed by atoms with Crippen molar-refractivity contribution in [3.05, 3.63) is 18.5 Å². The number of aromatic nitrogens is 2. The zero-order valence-corrected chi connectivity index (χ0v) is 14.2. The molecule has 21 heavy (non-hydrogen) atoms. The van der Waals surface area contributed by atoms with E-state index in [1.165, 1.54) is 25.8 Å². The molecule has 0 saturated carbocycles. The molecule has 1 aliphatic rings. The maximum absolute atomic E-state index is 4.34. The number of hydrogen-bond donors (Lipinski definition) is 1. The minimum atomic E-state index is 0.320. The van der Waals surface area contributed by atoms with E-state index >= 15 is 0 Å². The maximum Gasteiger partial charge on any atom is 0.0536 e. The van der Waals surface area contributed by atoms with Gasteiger partial charge in [0.1, 0.15) is 0 Å². The van der Waals surface area contributed by atoms with E-state index in [2.05, 4.69) is 53.9 Å². The third-order valence-electron chi connectivity index (χ3n) is 5.06. The molecule has 0 spiro atoms. The van der Waals surface area contributed by atoms with E-state index < -0.39 is 0 Å². The highest BCUT2D eigenvalue weighted by Crippen LogP contribution is 2.28. The highest BCUT2D eigenvalue weighted by atomic mass is 15.3. The van der Waals surface area contributed by atoms with Gasteiger partial charge in [-0.05, 0) is 31.2 Å². The van der Waals surface area contributed by atoms with Crippen LogP contribution in [0.1, 0.15) is 47.0 Å². The molecule has 4 heteroatoms. The van der Waals surface area contributed by atoms with Gasteiger partial charge in [-0.2, -0.15) is 5.10 Å². The molecule has 1 aromatic heterocycles. The van der Waals surface area contributed by atoms with Gasteiger partial charge >= 0.3 is 0 Å². The Morgan fingerprint density at radius 2 is 2.05 bits per heavy atom. The first-order valence-electron chi connectivity index (χ1n) is 8.55. The number of rotatable bonds is 7. The molecule has 1 atom stereocenters. The summed E-state index contributed by atoms with van der Waals surface area (Å²) in [6.07, 6.45) is 7.62. The third kappa shape index (κ3) is 4.07. The molecule has 1 aromatic rings. The fourth-order valence-corrected chi connectivity index (χ4v) is 3.63. The molecule has 120 valence electrons. The Hall–Kier alpha value is -0.870. The Balaban J connectivity index is 2.01. The summed E-state index contributed by atoms with van der Waals surface area (Å²) < 4.78 is 2.05. The van der Waals surface area contributed by atoms with Gasteiger partial charge in [0, 0.05) is 43.6 Å². The molecular formula is C17H32N4. The average molecular weight is 292 g/mol. The number of hydrogen-bond acceptors (Lipinski definition) is 3. The summed E-state index contributed by atoms with van der Waals surface area (Å²) in [5.41, 5.74) is 0.320. The zero-order chi connectivity index (χ0) is 15.3. The van der Waals surface area contributed by atoms with Gasteiger partial charge < -0.3 is 5.32 Å². The second kappa shape index (κ2) is 7.41. The van der Waals surface area contributed by atoms with Crippen molar-refractivity contribution in [3.8, 4) is 0 Å². The molecule has 1 aliphatic heterocycles. The van der Waals surface area contributed by atoms with Gasteiger partial charge in [0.2, 0.25) is 0 Å². The monoisotopic (exact) mass is 292 g/mol. The molecule has 1 fully saturated rings. The van der Waals surface area contributed by atoms with Crippen LogP contribution in [0.4, 0.5) is 0 Å². The van der Waals surface area contributed by atoms with Crippen LogP contribution in [0.5, 0.6) is 0 Å². The fourth-order valence-electron chi connectivity index (χ4n) is 3.63. The number of nitrogens with zero attached hydrogens (tertiary/aromatic N) is 3. The van der Waals surface area contributed by atoms with Gasteiger partial charge in [-0.1, -0.05) is 27.7 Å². The van der Waals surface area contributed by atoms with E-state index in [9.17, 15) is 0 Å². The van der Waals surface area contributed by atoms with Crippen LogP contribution in [-0.2, 0) is 6.54 Å². The standard InChI is InChI=1S/C17H32N4/c1-5-17(6-2)14-18-16(12-15(3)4)13-20(17)10-11-21-9-7-8-19-21/h7-9,15-16,18H,5-6,10-14H2,1-4H3. The minimum absolute atomic E-state index is 0.320. The Morgan fingerprint density at radius 1 is 1.29 bits per heavy atom. The predicted octanol–water partition coefficient (Wildman–Crippen LogP) is 2.76. The fraction of sp³-hybridized carbons (Fsp3) is 0.824. The topological polar surface area (TPSA) is 33.1 Å². The lowest BCUT2D eigenvalue weighted by Crippen LogP contribution is -2.64. The molecule has 0 aliphatic carbocycles. The van der Waals surface area contributed by atoms with Crippen molar-refractivity contribution in [1.82, 2.24) is 20.0 Å². The van der Waals surface area contributed by atoms with Crippen LogP contribution >= 0.6 is 0 Å². The van der Waals surface area contributed by atoms with Gasteiger partial charge in [-0.3, -0.25) is 9.58 Å². The van der Waals surface area contributed by atoms with Crippen LogP contribution in [0.3, 0.4) is 0 Å². The van der Waals surface area contributed by atoms with E-state index in [-0.39, 0.29) is 0 Å². The SMILES string of the molecule is CCC1(CC)CNC(CC(C)C)CN1CCn1cccn1. The molecule has 2 heterocycles. The van der Waals surface area contributed by atoms with Crippen molar-refractivity contribution < 1.29 is 0 Å². The van der Waals surface area contributed by atoms with Crippen LogP contribution in [0, 0.1) is 5.92 Å². The zero-order valence-electron chi connectivity index (χ0n) is 14.2. The van der Waals surface area contributed by atoms with Crippen LogP contribution in [0.15, 0.2) is 18.5 Å². The Labute approximate surface area is 129 Å². The molecule has 1 unspecified atom stereocenters. The first kappa shape index (κ1) is 16.5. The second-order valence-electron chi connectivity index (χ2n) is 6.85. The molecule has 0 aromatic carbocycles. The van der Waals surface area contributed by atoms with Gasteiger partial charge in [0.15, 0.2) is 0 Å². The van der Waals surface area contributed by atoms with Gasteiger partial charge in [-0.25, -0.2) is 0 Å². The van der Waals surface area contributed by atoms with Crippen LogP contribution in [0.2, 0.25) is 0 Å². The normalized spacial score (nSPS) is 22.8. The summed E-state index contributed by atoms with van der Waals surface area (Å²) in [7, 11) is 0. The summed E-state index contributed by atoms with van der Waals surface area (Å²) >= 11 is 0. The summed E-state index contributed by atoms with van der Waals surface area (Å²) in [5, 5.41) is 8.14. The predicted molar refractivity (Wildman–Crippen MR) is 88.4 cm³/mol. The second-order valence-corrected chi connectivity index (χ2v) is 6.85. The lowest BCUT2D eigenvalue weighted by Gasteiger charge is -2.50. The Bertz CT molecular complexity index is 395. The van der Waals surface area contributed by atoms with Gasteiger partial charge in [-0.15, -0.1) is 0 Å². The first-order chi connectivity index (χ1) is 10.1. The molecule has 2 rings (SSSR count). The van der Waals surface area contributed by atoms with Crippen LogP contribution in [0.25, 0.3) is 0 Å². The van der Waals surface area contributed by atoms with Crippen molar-refractivity contribution in [2.75, 3.05) is 19.6 Å². The van der Waals surface area contributed by atoms with E-state index in [4.69, 9.17) is 0 Å². The highest BCUT2D eigenvalue weighted by Gasteiger charge is 2.38. The number of nitrogens with one attached hydrogen (secondary N) is 1. The number of piperazine rings is 1. The molecule has 4 nitrogen and oxygen atoms in total. The minimum Gasteiger partial charge on any atom is -0.311 e. The van der Waals surface area contributed by atoms with Gasteiger partial charge in [0.25, 0.3) is 0 Å². The third-order valence-corrected chi connectivity index (χ3v) is 5.06. The molecular weight excluding hydrogens is 260 g/mol. The van der Waals surface area contributed by atoms with Crippen molar-refractivity contribution in [2.24, 2.45) is 5.92 Å². The summed E-state index contributed by atoms with van der Waals surface area (Å²) in [6.45, 7) is 13.7.